The van der Waals surface area contributed by atoms with Gasteiger partial charge >= 0.3 is 0 Å². The number of hydrogen-bond acceptors (Lipinski definition) is 8. The van der Waals surface area contributed by atoms with E-state index in [1.807, 2.05) is 48.6 Å². The average molecular weight is 458 g/mol. The van der Waals surface area contributed by atoms with Gasteiger partial charge in [-0.15, -0.1) is 21.5 Å². The summed E-state index contributed by atoms with van der Waals surface area (Å²) >= 11 is 1.83. The predicted octanol–water partition coefficient (Wildman–Crippen LogP) is 5.69. The fraction of sp³-hybridized carbons (Fsp3) is 0.280. The second kappa shape index (κ2) is 8.53. The van der Waals surface area contributed by atoms with Crippen LogP contribution >= 0.6 is 11.3 Å². The van der Waals surface area contributed by atoms with Crippen LogP contribution in [-0.4, -0.2) is 38.3 Å². The normalized spacial score (nSPS) is 15.4. The third-order valence-electron chi connectivity index (χ3n) is 6.20. The van der Waals surface area contributed by atoms with Crippen LogP contribution < -0.4 is 0 Å². The van der Waals surface area contributed by atoms with E-state index in [0.717, 1.165) is 48.3 Å². The molecule has 0 saturated carbocycles. The van der Waals surface area contributed by atoms with Crippen molar-refractivity contribution in [1.82, 2.24) is 25.2 Å². The molecule has 0 atom stereocenters. The molecule has 0 amide bonds. The van der Waals surface area contributed by atoms with Gasteiger partial charge < -0.3 is 8.94 Å². The molecule has 0 aliphatic carbocycles. The van der Waals surface area contributed by atoms with Crippen molar-refractivity contribution in [3.8, 4) is 22.7 Å². The molecule has 0 N–H and O–H groups in total. The standard InChI is InChI=1S/C25H23N5O2S/c1-16-22(23(29-32-16)17-7-3-2-4-8-17)24-28-27-21(31-24)15-30-13-11-18(12-14-30)25-26-19-9-5-6-10-20(19)33-25/h2-10,18H,11-15H2,1H3. The molecule has 7 nitrogen and oxygen atoms in total. The number of nitrogens with zero attached hydrogens (tertiary/aromatic N) is 5. The summed E-state index contributed by atoms with van der Waals surface area (Å²) in [5, 5.41) is 14.1. The van der Waals surface area contributed by atoms with Gasteiger partial charge in [0.25, 0.3) is 5.89 Å². The van der Waals surface area contributed by atoms with E-state index in [1.165, 1.54) is 9.71 Å². The minimum Gasteiger partial charge on any atom is -0.419 e. The average Bonchev–Trinajstić information content (AvgIpc) is 3.58. The maximum Gasteiger partial charge on any atom is 0.253 e. The zero-order chi connectivity index (χ0) is 22.2. The van der Waals surface area contributed by atoms with E-state index in [0.29, 0.717) is 30.0 Å². The number of hydrogen-bond donors (Lipinski definition) is 0. The van der Waals surface area contributed by atoms with E-state index in [4.69, 9.17) is 13.9 Å². The highest BCUT2D eigenvalue weighted by atomic mass is 32.1. The molecule has 0 unspecified atom stereocenters. The van der Waals surface area contributed by atoms with Crippen LogP contribution in [0, 0.1) is 6.92 Å². The largest absolute Gasteiger partial charge is 0.419 e. The lowest BCUT2D eigenvalue weighted by atomic mass is 9.97. The third kappa shape index (κ3) is 3.96. The lowest BCUT2D eigenvalue weighted by molar-refractivity contribution is 0.188. The minimum absolute atomic E-state index is 0.451. The van der Waals surface area contributed by atoms with Crippen molar-refractivity contribution in [2.24, 2.45) is 0 Å². The summed E-state index contributed by atoms with van der Waals surface area (Å²) in [5.41, 5.74) is 3.55. The first-order valence-corrected chi connectivity index (χ1v) is 12.0. The Morgan fingerprint density at radius 3 is 2.61 bits per heavy atom. The Labute approximate surface area is 195 Å². The molecular formula is C25H23N5O2S. The summed E-state index contributed by atoms with van der Waals surface area (Å²) < 4.78 is 12.8. The van der Waals surface area contributed by atoms with Gasteiger partial charge in [-0.2, -0.15) is 0 Å². The molecule has 1 saturated heterocycles. The predicted molar refractivity (Wildman–Crippen MR) is 127 cm³/mol. The van der Waals surface area contributed by atoms with Gasteiger partial charge in [0, 0.05) is 11.5 Å². The van der Waals surface area contributed by atoms with Gasteiger partial charge in [-0.1, -0.05) is 47.6 Å². The molecule has 0 spiro atoms. The Hall–Kier alpha value is -3.36. The fourth-order valence-electron chi connectivity index (χ4n) is 4.43. The molecule has 1 aliphatic heterocycles. The number of rotatable bonds is 5. The van der Waals surface area contributed by atoms with E-state index in [2.05, 4.69) is 44.5 Å². The zero-order valence-corrected chi connectivity index (χ0v) is 19.1. The summed E-state index contributed by atoms with van der Waals surface area (Å²) in [6, 6.07) is 18.3. The van der Waals surface area contributed by atoms with Crippen LogP contribution in [0.4, 0.5) is 0 Å². The molecule has 6 rings (SSSR count). The van der Waals surface area contributed by atoms with E-state index in [9.17, 15) is 0 Å². The lowest BCUT2D eigenvalue weighted by Gasteiger charge is -2.29. The number of fused-ring (bicyclic) bond motifs is 1. The highest BCUT2D eigenvalue weighted by Crippen LogP contribution is 2.35. The van der Waals surface area contributed by atoms with Crippen molar-refractivity contribution >= 4 is 21.6 Å². The monoisotopic (exact) mass is 457 g/mol. The highest BCUT2D eigenvalue weighted by Gasteiger charge is 2.26. The third-order valence-corrected chi connectivity index (χ3v) is 7.40. The lowest BCUT2D eigenvalue weighted by Crippen LogP contribution is -2.32. The molecule has 166 valence electrons. The van der Waals surface area contributed by atoms with Gasteiger partial charge in [0.2, 0.25) is 5.89 Å². The van der Waals surface area contributed by atoms with Crippen molar-refractivity contribution in [2.75, 3.05) is 13.1 Å². The number of aromatic nitrogens is 4. The van der Waals surface area contributed by atoms with Gasteiger partial charge in [-0.05, 0) is 45.0 Å². The second-order valence-electron chi connectivity index (χ2n) is 8.40. The SMILES string of the molecule is Cc1onc(-c2ccccc2)c1-c1nnc(CN2CCC(c3nc4ccccc4s3)CC2)o1. The number of para-hydroxylation sites is 1. The summed E-state index contributed by atoms with van der Waals surface area (Å²) in [4.78, 5) is 7.24. The second-order valence-corrected chi connectivity index (χ2v) is 9.46. The first-order chi connectivity index (χ1) is 16.2. The molecule has 8 heteroatoms. The molecule has 1 aliphatic rings. The first kappa shape index (κ1) is 20.3. The van der Waals surface area contributed by atoms with Crippen LogP contribution in [0.2, 0.25) is 0 Å². The molecule has 0 bridgehead atoms. The van der Waals surface area contributed by atoms with Crippen molar-refractivity contribution in [1.29, 1.82) is 0 Å². The fourth-order valence-corrected chi connectivity index (χ4v) is 5.57. The Morgan fingerprint density at radius 2 is 1.79 bits per heavy atom. The zero-order valence-electron chi connectivity index (χ0n) is 18.3. The van der Waals surface area contributed by atoms with E-state index in [-0.39, 0.29) is 0 Å². The minimum atomic E-state index is 0.451. The van der Waals surface area contributed by atoms with Crippen LogP contribution in [0.3, 0.4) is 0 Å². The number of likely N-dealkylation sites (tertiary alicyclic amines) is 1. The maximum atomic E-state index is 6.05. The summed E-state index contributed by atoms with van der Waals surface area (Å²) in [6.07, 6.45) is 2.17. The molecule has 3 aromatic heterocycles. The Balaban J connectivity index is 1.14. The number of aryl methyl sites for hydroxylation is 1. The summed E-state index contributed by atoms with van der Waals surface area (Å²) in [7, 11) is 0. The smallest absolute Gasteiger partial charge is 0.253 e. The van der Waals surface area contributed by atoms with Gasteiger partial charge in [0.15, 0.2) is 0 Å². The molecule has 4 heterocycles. The van der Waals surface area contributed by atoms with Crippen LogP contribution in [0.25, 0.3) is 32.9 Å². The summed E-state index contributed by atoms with van der Waals surface area (Å²) in [5.74, 6) is 2.25. The number of thiazole rings is 1. The van der Waals surface area contributed by atoms with Crippen molar-refractivity contribution in [3.05, 3.63) is 71.3 Å². The van der Waals surface area contributed by atoms with Crippen LogP contribution in [0.1, 0.15) is 35.4 Å². The quantitative estimate of drug-likeness (QED) is 0.335. The molecule has 1 fully saturated rings. The molecule has 5 aromatic rings. The molecule has 33 heavy (non-hydrogen) atoms. The topological polar surface area (TPSA) is 81.1 Å². The summed E-state index contributed by atoms with van der Waals surface area (Å²) in [6.45, 7) is 4.48. The van der Waals surface area contributed by atoms with E-state index >= 15 is 0 Å². The van der Waals surface area contributed by atoms with Gasteiger partial charge in [0.1, 0.15) is 17.0 Å². The number of piperidine rings is 1. The first-order valence-electron chi connectivity index (χ1n) is 11.2. The van der Waals surface area contributed by atoms with Crippen LogP contribution in [0.15, 0.2) is 63.5 Å². The van der Waals surface area contributed by atoms with Crippen molar-refractivity contribution < 1.29 is 8.94 Å². The van der Waals surface area contributed by atoms with Gasteiger partial charge in [-0.3, -0.25) is 4.90 Å². The van der Waals surface area contributed by atoms with Gasteiger partial charge in [0.05, 0.1) is 21.8 Å². The Morgan fingerprint density at radius 1 is 1.00 bits per heavy atom. The highest BCUT2D eigenvalue weighted by molar-refractivity contribution is 7.18. The van der Waals surface area contributed by atoms with Gasteiger partial charge in [-0.25, -0.2) is 4.98 Å². The Kier molecular flexibility index (Phi) is 5.24. The maximum absolute atomic E-state index is 6.05. The molecule has 2 aromatic carbocycles. The van der Waals surface area contributed by atoms with Crippen molar-refractivity contribution in [2.45, 2.75) is 32.2 Å². The Bertz CT molecular complexity index is 1350. The van der Waals surface area contributed by atoms with Crippen LogP contribution in [0.5, 0.6) is 0 Å². The van der Waals surface area contributed by atoms with E-state index < -0.39 is 0 Å². The number of benzene rings is 2. The molecule has 0 radical (unpaired) electrons. The van der Waals surface area contributed by atoms with Crippen LogP contribution in [-0.2, 0) is 6.54 Å². The molecular weight excluding hydrogens is 434 g/mol. The van der Waals surface area contributed by atoms with Crippen molar-refractivity contribution in [3.63, 3.8) is 0 Å². The van der Waals surface area contributed by atoms with E-state index in [1.54, 1.807) is 0 Å².